The molecule has 2 aromatic carbocycles. The van der Waals surface area contributed by atoms with E-state index >= 15 is 0 Å². The van der Waals surface area contributed by atoms with Gasteiger partial charge in [-0.2, -0.15) is 4.68 Å². The van der Waals surface area contributed by atoms with Crippen LogP contribution in [-0.4, -0.2) is 49.8 Å². The van der Waals surface area contributed by atoms with Gasteiger partial charge in [0.2, 0.25) is 11.1 Å². The van der Waals surface area contributed by atoms with E-state index in [1.165, 1.54) is 0 Å². The van der Waals surface area contributed by atoms with Crippen molar-refractivity contribution in [3.63, 3.8) is 0 Å². The lowest BCUT2D eigenvalue weighted by Crippen LogP contribution is -2.54. The smallest absolute Gasteiger partial charge is 0.312 e. The van der Waals surface area contributed by atoms with Crippen molar-refractivity contribution in [2.75, 3.05) is 5.75 Å². The fourth-order valence-electron chi connectivity index (χ4n) is 2.84. The summed E-state index contributed by atoms with van der Waals surface area (Å²) in [5, 5.41) is 14.4. The first-order valence-electron chi connectivity index (χ1n) is 9.60. The number of carbonyl (C=O) groups is 3. The third-order valence-electron chi connectivity index (χ3n) is 4.36. The Kier molecular flexibility index (Phi) is 7.75. The minimum absolute atomic E-state index is 0.0425. The van der Waals surface area contributed by atoms with Crippen molar-refractivity contribution in [3.8, 4) is 5.69 Å². The summed E-state index contributed by atoms with van der Waals surface area (Å²) < 4.78 is 1.54. The maximum Gasteiger partial charge on any atom is 0.312 e. The number of aromatic nitrogens is 4. The number of nitrogens with two attached hydrogens (primary N) is 1. The predicted octanol–water partition coefficient (Wildman–Crippen LogP) is 0.490. The summed E-state index contributed by atoms with van der Waals surface area (Å²) in [5.41, 5.74) is 12.4. The van der Waals surface area contributed by atoms with Crippen molar-refractivity contribution in [1.82, 2.24) is 36.4 Å². The summed E-state index contributed by atoms with van der Waals surface area (Å²) in [6.45, 7) is 1.93. The van der Waals surface area contributed by atoms with Crippen molar-refractivity contribution >= 4 is 29.6 Å². The SMILES string of the molecule is Cc1ccccc1-n1nnnc1SCC(=O)NNC(=O)[C@H](Cc1ccccc1)NC(N)=O. The first-order chi connectivity index (χ1) is 15.4. The van der Waals surface area contributed by atoms with Crippen LogP contribution in [0.2, 0.25) is 0 Å². The number of hydrazine groups is 1. The summed E-state index contributed by atoms with van der Waals surface area (Å²) in [5.74, 6) is -1.12. The van der Waals surface area contributed by atoms with Crippen LogP contribution in [-0.2, 0) is 16.0 Å². The molecule has 0 saturated carbocycles. The molecule has 0 unspecified atom stereocenters. The van der Waals surface area contributed by atoms with E-state index in [4.69, 9.17) is 5.73 Å². The Labute approximate surface area is 188 Å². The topological polar surface area (TPSA) is 157 Å². The minimum Gasteiger partial charge on any atom is -0.352 e. The van der Waals surface area contributed by atoms with Crippen LogP contribution >= 0.6 is 11.8 Å². The van der Waals surface area contributed by atoms with Crippen LogP contribution in [0.25, 0.3) is 5.69 Å². The zero-order valence-corrected chi connectivity index (χ0v) is 18.0. The fourth-order valence-corrected chi connectivity index (χ4v) is 3.52. The highest BCUT2D eigenvalue weighted by Gasteiger charge is 2.21. The van der Waals surface area contributed by atoms with E-state index in [0.29, 0.717) is 5.16 Å². The van der Waals surface area contributed by atoms with Crippen molar-refractivity contribution in [3.05, 3.63) is 65.7 Å². The second-order valence-corrected chi connectivity index (χ2v) is 7.68. The van der Waals surface area contributed by atoms with Gasteiger partial charge in [-0.1, -0.05) is 60.3 Å². The number of nitrogens with one attached hydrogen (secondary N) is 3. The summed E-state index contributed by atoms with van der Waals surface area (Å²) in [6.07, 6.45) is 0.214. The number of tetrazole rings is 1. The molecule has 5 N–H and O–H groups in total. The quantitative estimate of drug-likeness (QED) is 0.285. The molecular weight excluding hydrogens is 432 g/mol. The maximum absolute atomic E-state index is 12.5. The molecule has 0 spiro atoms. The van der Waals surface area contributed by atoms with Crippen LogP contribution in [0.3, 0.4) is 0 Å². The van der Waals surface area contributed by atoms with E-state index in [2.05, 4.69) is 31.7 Å². The molecule has 0 bridgehead atoms. The van der Waals surface area contributed by atoms with Crippen LogP contribution in [0.15, 0.2) is 59.8 Å². The molecule has 0 fully saturated rings. The molecule has 1 atom stereocenters. The van der Waals surface area contributed by atoms with Crippen molar-refractivity contribution < 1.29 is 14.4 Å². The van der Waals surface area contributed by atoms with E-state index in [-0.39, 0.29) is 12.2 Å². The normalized spacial score (nSPS) is 11.4. The molecule has 0 aliphatic carbocycles. The molecule has 12 heteroatoms. The minimum atomic E-state index is -0.948. The van der Waals surface area contributed by atoms with E-state index < -0.39 is 23.9 Å². The number of nitrogens with zero attached hydrogens (tertiary/aromatic N) is 4. The highest BCUT2D eigenvalue weighted by atomic mass is 32.2. The maximum atomic E-state index is 12.5. The second-order valence-electron chi connectivity index (χ2n) is 6.74. The number of primary amides is 1. The summed E-state index contributed by atoms with van der Waals surface area (Å²) in [7, 11) is 0. The molecular formula is C20H22N8O3S. The van der Waals surface area contributed by atoms with E-state index in [1.54, 1.807) is 4.68 Å². The molecule has 0 saturated heterocycles. The molecule has 0 aliphatic heterocycles. The molecule has 0 radical (unpaired) electrons. The lowest BCUT2D eigenvalue weighted by molar-refractivity contribution is -0.128. The second kappa shape index (κ2) is 10.9. The number of amides is 4. The molecule has 1 heterocycles. The number of aryl methyl sites for hydroxylation is 1. The van der Waals surface area contributed by atoms with Crippen molar-refractivity contribution in [2.24, 2.45) is 5.73 Å². The Morgan fingerprint density at radius 1 is 1.06 bits per heavy atom. The van der Waals surface area contributed by atoms with Crippen LogP contribution < -0.4 is 21.9 Å². The molecule has 166 valence electrons. The zero-order valence-electron chi connectivity index (χ0n) is 17.2. The van der Waals surface area contributed by atoms with Gasteiger partial charge in [-0.3, -0.25) is 20.4 Å². The van der Waals surface area contributed by atoms with Gasteiger partial charge in [0.1, 0.15) is 6.04 Å². The Bertz CT molecular complexity index is 1090. The van der Waals surface area contributed by atoms with Gasteiger partial charge in [-0.25, -0.2) is 4.79 Å². The van der Waals surface area contributed by atoms with Crippen LogP contribution in [0, 0.1) is 6.92 Å². The first-order valence-corrected chi connectivity index (χ1v) is 10.6. The number of para-hydroxylation sites is 1. The molecule has 4 amide bonds. The summed E-state index contributed by atoms with van der Waals surface area (Å²) in [6, 6.07) is 14.9. The van der Waals surface area contributed by atoms with Gasteiger partial charge in [0.05, 0.1) is 11.4 Å². The van der Waals surface area contributed by atoms with Gasteiger partial charge in [0.25, 0.3) is 5.91 Å². The lowest BCUT2D eigenvalue weighted by atomic mass is 10.1. The van der Waals surface area contributed by atoms with Gasteiger partial charge >= 0.3 is 6.03 Å². The monoisotopic (exact) mass is 454 g/mol. The lowest BCUT2D eigenvalue weighted by Gasteiger charge is -2.17. The van der Waals surface area contributed by atoms with E-state index in [9.17, 15) is 14.4 Å². The van der Waals surface area contributed by atoms with Gasteiger partial charge in [0.15, 0.2) is 0 Å². The number of rotatable bonds is 8. The highest BCUT2D eigenvalue weighted by Crippen LogP contribution is 2.20. The number of thioether (sulfide) groups is 1. The fraction of sp³-hybridized carbons (Fsp3) is 0.200. The molecule has 32 heavy (non-hydrogen) atoms. The van der Waals surface area contributed by atoms with Crippen LogP contribution in [0.4, 0.5) is 4.79 Å². The van der Waals surface area contributed by atoms with Gasteiger partial charge in [-0.05, 0) is 34.5 Å². The van der Waals surface area contributed by atoms with E-state index in [0.717, 1.165) is 28.6 Å². The standard InChI is InChI=1S/C20H22N8O3S/c1-13-7-5-6-10-16(13)28-20(25-26-27-28)32-12-17(29)23-24-18(30)15(22-19(21)31)11-14-8-3-2-4-9-14/h2-10,15H,11-12H2,1H3,(H,23,29)(H,24,30)(H3,21,22,31)/t15-/m0/s1. The van der Waals surface area contributed by atoms with Crippen molar-refractivity contribution in [1.29, 1.82) is 0 Å². The number of hydrogen-bond acceptors (Lipinski definition) is 7. The average molecular weight is 455 g/mol. The molecule has 0 aliphatic rings. The summed E-state index contributed by atoms with van der Waals surface area (Å²) >= 11 is 1.11. The van der Waals surface area contributed by atoms with Gasteiger partial charge in [0, 0.05) is 6.42 Å². The Balaban J connectivity index is 1.54. The number of hydrogen-bond donors (Lipinski definition) is 4. The largest absolute Gasteiger partial charge is 0.352 e. The number of benzene rings is 2. The van der Waals surface area contributed by atoms with Gasteiger partial charge < -0.3 is 11.1 Å². The Hall–Kier alpha value is -3.93. The van der Waals surface area contributed by atoms with E-state index in [1.807, 2.05) is 61.5 Å². The Morgan fingerprint density at radius 2 is 1.78 bits per heavy atom. The third kappa shape index (κ3) is 6.28. The van der Waals surface area contributed by atoms with Gasteiger partial charge in [-0.15, -0.1) is 5.10 Å². The first kappa shape index (κ1) is 22.7. The average Bonchev–Trinajstić information content (AvgIpc) is 3.24. The third-order valence-corrected chi connectivity index (χ3v) is 5.28. The molecule has 3 aromatic rings. The van der Waals surface area contributed by atoms with Crippen LogP contribution in [0.5, 0.6) is 0 Å². The Morgan fingerprint density at radius 3 is 2.50 bits per heavy atom. The summed E-state index contributed by atoms with van der Waals surface area (Å²) in [4.78, 5) is 36.0. The number of carbonyl (C=O) groups excluding carboxylic acids is 3. The van der Waals surface area contributed by atoms with Crippen molar-refractivity contribution in [2.45, 2.75) is 24.5 Å². The molecule has 3 rings (SSSR count). The molecule has 1 aromatic heterocycles. The molecule has 11 nitrogen and oxygen atoms in total. The zero-order chi connectivity index (χ0) is 22.9. The van der Waals surface area contributed by atoms with Crippen LogP contribution in [0.1, 0.15) is 11.1 Å². The highest BCUT2D eigenvalue weighted by molar-refractivity contribution is 7.99. The number of urea groups is 1. The predicted molar refractivity (Wildman–Crippen MR) is 118 cm³/mol.